The maximum Gasteiger partial charge on any atom is 0.335 e. The Hall–Kier alpha value is -1.07. The van der Waals surface area contributed by atoms with Crippen molar-refractivity contribution in [1.82, 2.24) is 4.90 Å². The largest absolute Gasteiger partial charge is 0.478 e. The van der Waals surface area contributed by atoms with Gasteiger partial charge in [0.15, 0.2) is 0 Å². The van der Waals surface area contributed by atoms with Gasteiger partial charge < -0.3 is 15.3 Å². The Bertz CT molecular complexity index is 420. The molecule has 0 aliphatic rings. The molecule has 1 rings (SSSR count). The Morgan fingerprint density at radius 1 is 1.32 bits per heavy atom. The lowest BCUT2D eigenvalue weighted by Crippen LogP contribution is -2.25. The number of aromatic carboxylic acids is 1. The fourth-order valence-electron chi connectivity index (χ4n) is 1.89. The van der Waals surface area contributed by atoms with Gasteiger partial charge in [-0.2, -0.15) is 0 Å². The third-order valence-electron chi connectivity index (χ3n) is 3.02. The Morgan fingerprint density at radius 3 is 2.58 bits per heavy atom. The molecule has 0 aliphatic carbocycles. The van der Waals surface area contributed by atoms with Crippen molar-refractivity contribution in [3.8, 4) is 0 Å². The lowest BCUT2D eigenvalue weighted by molar-refractivity contribution is 0.0697. The van der Waals surface area contributed by atoms with E-state index in [9.17, 15) is 4.79 Å². The Morgan fingerprint density at radius 2 is 2.00 bits per heavy atom. The molecule has 0 bridgehead atoms. The van der Waals surface area contributed by atoms with E-state index in [1.165, 1.54) is 0 Å². The standard InChI is InChI=1S/C14H21BrN2O2/c1-3-17(4-2)7-5-6-16-13-9-11(14(18)19)8-12(15)10-13/h8-10,16H,3-7H2,1-2H3,(H,18,19). The highest BCUT2D eigenvalue weighted by atomic mass is 79.9. The van der Waals surface area contributed by atoms with Gasteiger partial charge in [-0.15, -0.1) is 0 Å². The lowest BCUT2D eigenvalue weighted by Gasteiger charge is -2.18. The summed E-state index contributed by atoms with van der Waals surface area (Å²) in [7, 11) is 0. The van der Waals surface area contributed by atoms with Crippen molar-refractivity contribution in [1.29, 1.82) is 0 Å². The molecule has 0 unspecified atom stereocenters. The second-order valence-electron chi connectivity index (χ2n) is 4.34. The predicted octanol–water partition coefficient (Wildman–Crippen LogP) is 3.29. The molecule has 0 aromatic heterocycles. The van der Waals surface area contributed by atoms with Crippen LogP contribution in [0.15, 0.2) is 22.7 Å². The molecule has 0 fully saturated rings. The van der Waals surface area contributed by atoms with Crippen molar-refractivity contribution in [3.63, 3.8) is 0 Å². The summed E-state index contributed by atoms with van der Waals surface area (Å²) in [6.07, 6.45) is 1.04. The molecule has 0 aliphatic heterocycles. The molecule has 0 heterocycles. The number of hydrogen-bond acceptors (Lipinski definition) is 3. The predicted molar refractivity (Wildman–Crippen MR) is 82.0 cm³/mol. The molecule has 5 heteroatoms. The first-order valence-electron chi connectivity index (χ1n) is 6.57. The van der Waals surface area contributed by atoms with Crippen LogP contribution in [-0.4, -0.2) is 42.2 Å². The zero-order valence-electron chi connectivity index (χ0n) is 11.4. The summed E-state index contributed by atoms with van der Waals surface area (Å²) in [6, 6.07) is 5.15. The smallest absolute Gasteiger partial charge is 0.335 e. The first-order valence-corrected chi connectivity index (χ1v) is 7.36. The Kier molecular flexibility index (Phi) is 6.87. The van der Waals surface area contributed by atoms with Crippen LogP contribution >= 0.6 is 15.9 Å². The number of nitrogens with zero attached hydrogens (tertiary/aromatic N) is 1. The third-order valence-corrected chi connectivity index (χ3v) is 3.48. The van der Waals surface area contributed by atoms with E-state index in [-0.39, 0.29) is 0 Å². The number of carboxylic acids is 1. The van der Waals surface area contributed by atoms with Gasteiger partial charge in [-0.25, -0.2) is 4.79 Å². The van der Waals surface area contributed by atoms with E-state index in [0.717, 1.165) is 42.8 Å². The lowest BCUT2D eigenvalue weighted by atomic mass is 10.2. The average Bonchev–Trinajstić information content (AvgIpc) is 2.38. The summed E-state index contributed by atoms with van der Waals surface area (Å²) in [5.74, 6) is -0.910. The Labute approximate surface area is 122 Å². The zero-order valence-corrected chi connectivity index (χ0v) is 13.0. The molecular weight excluding hydrogens is 308 g/mol. The van der Waals surface area contributed by atoms with Gasteiger partial charge in [0.2, 0.25) is 0 Å². The van der Waals surface area contributed by atoms with Gasteiger partial charge in [-0.05, 0) is 44.3 Å². The highest BCUT2D eigenvalue weighted by Crippen LogP contribution is 2.19. The highest BCUT2D eigenvalue weighted by Gasteiger charge is 2.06. The van der Waals surface area contributed by atoms with Crippen molar-refractivity contribution in [2.24, 2.45) is 0 Å². The highest BCUT2D eigenvalue weighted by molar-refractivity contribution is 9.10. The molecule has 2 N–H and O–H groups in total. The molecule has 19 heavy (non-hydrogen) atoms. The van der Waals surface area contributed by atoms with Gasteiger partial charge in [0.1, 0.15) is 0 Å². The van der Waals surface area contributed by atoms with Gasteiger partial charge in [-0.3, -0.25) is 0 Å². The molecule has 0 saturated heterocycles. The molecule has 0 saturated carbocycles. The van der Waals surface area contributed by atoms with Crippen molar-refractivity contribution < 1.29 is 9.90 Å². The second kappa shape index (κ2) is 8.17. The van der Waals surface area contributed by atoms with E-state index in [2.05, 4.69) is 40.0 Å². The summed E-state index contributed by atoms with van der Waals surface area (Å²) in [6.45, 7) is 8.34. The van der Waals surface area contributed by atoms with E-state index in [0.29, 0.717) is 5.56 Å². The number of hydrogen-bond donors (Lipinski definition) is 2. The minimum atomic E-state index is -0.910. The third kappa shape index (κ3) is 5.61. The maximum atomic E-state index is 10.9. The molecule has 1 aromatic carbocycles. The van der Waals surface area contributed by atoms with Gasteiger partial charge in [0.25, 0.3) is 0 Å². The topological polar surface area (TPSA) is 52.6 Å². The van der Waals surface area contributed by atoms with Crippen LogP contribution in [0.5, 0.6) is 0 Å². The fourth-order valence-corrected chi connectivity index (χ4v) is 2.38. The van der Waals surface area contributed by atoms with Crippen LogP contribution < -0.4 is 5.32 Å². The second-order valence-corrected chi connectivity index (χ2v) is 5.26. The summed E-state index contributed by atoms with van der Waals surface area (Å²) in [5.41, 5.74) is 1.13. The van der Waals surface area contributed by atoms with Crippen molar-refractivity contribution in [2.45, 2.75) is 20.3 Å². The first kappa shape index (κ1) is 16.0. The molecule has 1 aromatic rings. The number of carbonyl (C=O) groups is 1. The maximum absolute atomic E-state index is 10.9. The molecule has 0 radical (unpaired) electrons. The number of benzene rings is 1. The molecule has 4 nitrogen and oxygen atoms in total. The number of carboxylic acid groups (broad SMARTS) is 1. The van der Waals surface area contributed by atoms with Crippen molar-refractivity contribution in [2.75, 3.05) is 31.5 Å². The van der Waals surface area contributed by atoms with Crippen LogP contribution in [0.3, 0.4) is 0 Å². The van der Waals surface area contributed by atoms with E-state index >= 15 is 0 Å². The number of halogens is 1. The van der Waals surface area contributed by atoms with E-state index in [1.54, 1.807) is 12.1 Å². The summed E-state index contributed by atoms with van der Waals surface area (Å²) in [5, 5.41) is 12.3. The fraction of sp³-hybridized carbons (Fsp3) is 0.500. The monoisotopic (exact) mass is 328 g/mol. The molecule has 106 valence electrons. The molecule has 0 atom stereocenters. The zero-order chi connectivity index (χ0) is 14.3. The average molecular weight is 329 g/mol. The quantitative estimate of drug-likeness (QED) is 0.719. The van der Waals surface area contributed by atoms with Crippen LogP contribution in [-0.2, 0) is 0 Å². The molecule has 0 spiro atoms. The minimum absolute atomic E-state index is 0.292. The Balaban J connectivity index is 2.47. The van der Waals surface area contributed by atoms with Gasteiger partial charge in [0.05, 0.1) is 5.56 Å². The van der Waals surface area contributed by atoms with Crippen LogP contribution in [0, 0.1) is 0 Å². The normalized spacial score (nSPS) is 10.7. The van der Waals surface area contributed by atoms with Gasteiger partial charge in [0, 0.05) is 16.7 Å². The summed E-state index contributed by atoms with van der Waals surface area (Å²) >= 11 is 3.32. The molecular formula is C14H21BrN2O2. The minimum Gasteiger partial charge on any atom is -0.478 e. The first-order chi connectivity index (χ1) is 9.06. The van der Waals surface area contributed by atoms with Crippen LogP contribution in [0.2, 0.25) is 0 Å². The van der Waals surface area contributed by atoms with Crippen LogP contribution in [0.1, 0.15) is 30.6 Å². The van der Waals surface area contributed by atoms with Crippen LogP contribution in [0.4, 0.5) is 5.69 Å². The molecule has 0 amide bonds. The summed E-state index contributed by atoms with van der Waals surface area (Å²) < 4.78 is 0.777. The summed E-state index contributed by atoms with van der Waals surface area (Å²) in [4.78, 5) is 13.3. The number of nitrogens with one attached hydrogen (secondary N) is 1. The van der Waals surface area contributed by atoms with E-state index in [1.807, 2.05) is 6.07 Å². The number of anilines is 1. The van der Waals surface area contributed by atoms with Gasteiger partial charge >= 0.3 is 5.97 Å². The van der Waals surface area contributed by atoms with Crippen molar-refractivity contribution >= 4 is 27.6 Å². The van der Waals surface area contributed by atoms with Gasteiger partial charge in [-0.1, -0.05) is 29.8 Å². The van der Waals surface area contributed by atoms with E-state index < -0.39 is 5.97 Å². The van der Waals surface area contributed by atoms with E-state index in [4.69, 9.17) is 5.11 Å². The van der Waals surface area contributed by atoms with Crippen molar-refractivity contribution in [3.05, 3.63) is 28.2 Å². The number of rotatable bonds is 8. The van der Waals surface area contributed by atoms with Crippen LogP contribution in [0.25, 0.3) is 0 Å². The SMILES string of the molecule is CCN(CC)CCCNc1cc(Br)cc(C(=O)O)c1.